The molecule has 178 valence electrons. The summed E-state index contributed by atoms with van der Waals surface area (Å²) in [7, 11) is 1.40. The van der Waals surface area contributed by atoms with E-state index < -0.39 is 11.8 Å². The Morgan fingerprint density at radius 2 is 1.63 bits per heavy atom. The van der Waals surface area contributed by atoms with Crippen molar-refractivity contribution in [1.82, 2.24) is 10.9 Å². The van der Waals surface area contributed by atoms with Gasteiger partial charge in [-0.25, -0.2) is 0 Å². The molecule has 3 amide bonds. The number of halogens is 1. The van der Waals surface area contributed by atoms with Gasteiger partial charge in [0.25, 0.3) is 11.8 Å². The first-order valence-electron chi connectivity index (χ1n) is 10.4. The first-order valence-corrected chi connectivity index (χ1v) is 11.6. The third kappa shape index (κ3) is 5.53. The number of ether oxygens (including phenoxy) is 2. The normalized spacial score (nSPS) is 10.5. The average Bonchev–Trinajstić information content (AvgIpc) is 3.18. The summed E-state index contributed by atoms with van der Waals surface area (Å²) in [6, 6.07) is 19.2. The Balaban J connectivity index is 1.47. The maximum Gasteiger partial charge on any atom is 0.281 e. The van der Waals surface area contributed by atoms with Gasteiger partial charge in [0, 0.05) is 28.8 Å². The molecule has 4 aromatic rings. The summed E-state index contributed by atoms with van der Waals surface area (Å²) in [6.07, 6.45) is 0. The molecule has 35 heavy (non-hydrogen) atoms. The molecule has 0 aliphatic carbocycles. The number of benzene rings is 3. The predicted molar refractivity (Wildman–Crippen MR) is 136 cm³/mol. The maximum absolute atomic E-state index is 12.8. The number of para-hydroxylation sites is 1. The molecule has 1 heterocycles. The maximum atomic E-state index is 12.8. The first kappa shape index (κ1) is 24.1. The van der Waals surface area contributed by atoms with Gasteiger partial charge in [0.15, 0.2) is 0 Å². The molecule has 0 bridgehead atoms. The summed E-state index contributed by atoms with van der Waals surface area (Å²) in [4.78, 5) is 36.9. The summed E-state index contributed by atoms with van der Waals surface area (Å²) in [5, 5.41) is 3.59. The molecule has 10 heteroatoms. The van der Waals surface area contributed by atoms with Crippen molar-refractivity contribution in [2.24, 2.45) is 0 Å². The number of anilines is 1. The summed E-state index contributed by atoms with van der Waals surface area (Å²) in [6.45, 7) is 1.37. The quantitative estimate of drug-likeness (QED) is 0.302. The number of hydrogen-bond acceptors (Lipinski definition) is 6. The van der Waals surface area contributed by atoms with Crippen LogP contribution in [-0.2, 0) is 4.79 Å². The second-order valence-electron chi connectivity index (χ2n) is 7.32. The van der Waals surface area contributed by atoms with E-state index in [4.69, 9.17) is 21.1 Å². The number of hydrogen-bond donors (Lipinski definition) is 3. The molecule has 0 atom stereocenters. The minimum Gasteiger partial charge on any atom is -0.496 e. The molecule has 0 unspecified atom stereocenters. The minimum atomic E-state index is -0.597. The number of nitrogens with one attached hydrogen (secondary N) is 3. The Hall–Kier alpha value is -4.08. The Labute approximate surface area is 209 Å². The smallest absolute Gasteiger partial charge is 0.281 e. The first-order chi connectivity index (χ1) is 16.9. The van der Waals surface area contributed by atoms with E-state index in [-0.39, 0.29) is 27.1 Å². The second kappa shape index (κ2) is 10.5. The summed E-state index contributed by atoms with van der Waals surface area (Å²) >= 11 is 7.62. The van der Waals surface area contributed by atoms with E-state index in [1.54, 1.807) is 24.3 Å². The van der Waals surface area contributed by atoms with Gasteiger partial charge in [-0.1, -0.05) is 29.8 Å². The Bertz CT molecular complexity index is 1420. The molecular weight excluding hydrogens is 490 g/mol. The van der Waals surface area contributed by atoms with Crippen LogP contribution in [0.25, 0.3) is 10.1 Å². The van der Waals surface area contributed by atoms with Gasteiger partial charge < -0.3 is 14.8 Å². The van der Waals surface area contributed by atoms with Crippen LogP contribution in [0.1, 0.15) is 27.0 Å². The fourth-order valence-corrected chi connectivity index (χ4v) is 4.72. The number of hydrazine groups is 1. The van der Waals surface area contributed by atoms with Crippen LogP contribution in [0.2, 0.25) is 5.02 Å². The van der Waals surface area contributed by atoms with Crippen LogP contribution in [0.4, 0.5) is 5.69 Å². The molecule has 0 radical (unpaired) electrons. The van der Waals surface area contributed by atoms with Gasteiger partial charge in [-0.3, -0.25) is 25.2 Å². The Kier molecular flexibility index (Phi) is 7.19. The van der Waals surface area contributed by atoms with Crippen molar-refractivity contribution >= 4 is 56.4 Å². The van der Waals surface area contributed by atoms with Crippen molar-refractivity contribution < 1.29 is 23.9 Å². The number of rotatable bonds is 6. The van der Waals surface area contributed by atoms with E-state index in [1.807, 2.05) is 30.3 Å². The van der Waals surface area contributed by atoms with Crippen molar-refractivity contribution in [3.8, 4) is 17.2 Å². The number of methoxy groups -OCH3 is 1. The van der Waals surface area contributed by atoms with Crippen molar-refractivity contribution in [3.05, 3.63) is 82.2 Å². The summed E-state index contributed by atoms with van der Waals surface area (Å²) in [5.41, 5.74) is 5.40. The minimum absolute atomic E-state index is 0.173. The lowest BCUT2D eigenvalue weighted by atomic mass is 10.1. The van der Waals surface area contributed by atoms with E-state index in [2.05, 4.69) is 16.2 Å². The van der Waals surface area contributed by atoms with E-state index in [0.717, 1.165) is 4.70 Å². The predicted octanol–water partition coefficient (Wildman–Crippen LogP) is 5.39. The Morgan fingerprint density at radius 3 is 2.34 bits per heavy atom. The summed E-state index contributed by atoms with van der Waals surface area (Å²) < 4.78 is 11.8. The molecule has 0 aliphatic rings. The molecule has 0 saturated carbocycles. The van der Waals surface area contributed by atoms with E-state index >= 15 is 0 Å². The van der Waals surface area contributed by atoms with Crippen LogP contribution in [0.5, 0.6) is 17.2 Å². The molecule has 4 rings (SSSR count). The monoisotopic (exact) mass is 509 g/mol. The SMILES string of the molecule is COc1cc(NC(C)=O)ccc1C(=O)NNC(=O)c1sc2cc(Oc3ccccc3)ccc2c1Cl. The molecule has 3 aromatic carbocycles. The van der Waals surface area contributed by atoms with Gasteiger partial charge in [-0.15, -0.1) is 11.3 Å². The molecular formula is C25H20ClN3O5S. The zero-order chi connectivity index (χ0) is 24.9. The van der Waals surface area contributed by atoms with Crippen LogP contribution >= 0.6 is 22.9 Å². The molecule has 0 saturated heterocycles. The highest BCUT2D eigenvalue weighted by atomic mass is 35.5. The molecule has 0 aliphatic heterocycles. The number of fused-ring (bicyclic) bond motifs is 1. The van der Waals surface area contributed by atoms with Crippen molar-refractivity contribution in [1.29, 1.82) is 0 Å². The lowest BCUT2D eigenvalue weighted by Crippen LogP contribution is -2.41. The van der Waals surface area contributed by atoms with E-state index in [1.165, 1.54) is 37.5 Å². The van der Waals surface area contributed by atoms with Gasteiger partial charge in [0.2, 0.25) is 5.91 Å². The fourth-order valence-electron chi connectivity index (χ4n) is 3.28. The van der Waals surface area contributed by atoms with Gasteiger partial charge in [-0.2, -0.15) is 0 Å². The van der Waals surface area contributed by atoms with Crippen molar-refractivity contribution in [2.75, 3.05) is 12.4 Å². The molecule has 3 N–H and O–H groups in total. The average molecular weight is 510 g/mol. The van der Waals surface area contributed by atoms with Crippen molar-refractivity contribution in [2.45, 2.75) is 6.92 Å². The highest BCUT2D eigenvalue weighted by Gasteiger charge is 2.20. The lowest BCUT2D eigenvalue weighted by molar-refractivity contribution is -0.114. The van der Waals surface area contributed by atoms with Crippen LogP contribution in [0.3, 0.4) is 0 Å². The van der Waals surface area contributed by atoms with Gasteiger partial charge in [0.1, 0.15) is 22.1 Å². The number of carbonyl (C=O) groups excluding carboxylic acids is 3. The van der Waals surface area contributed by atoms with Crippen LogP contribution in [0.15, 0.2) is 66.7 Å². The second-order valence-corrected chi connectivity index (χ2v) is 8.75. The molecule has 0 fully saturated rings. The zero-order valence-electron chi connectivity index (χ0n) is 18.7. The zero-order valence-corrected chi connectivity index (χ0v) is 20.3. The third-order valence-corrected chi connectivity index (χ3v) is 6.50. The Morgan fingerprint density at radius 1 is 0.886 bits per heavy atom. The molecule has 8 nitrogen and oxygen atoms in total. The topological polar surface area (TPSA) is 106 Å². The molecule has 1 aromatic heterocycles. The van der Waals surface area contributed by atoms with Gasteiger partial charge in [0.05, 0.1) is 17.7 Å². The van der Waals surface area contributed by atoms with Crippen LogP contribution < -0.4 is 25.6 Å². The lowest BCUT2D eigenvalue weighted by Gasteiger charge is -2.12. The third-order valence-electron chi connectivity index (χ3n) is 4.84. The highest BCUT2D eigenvalue weighted by Crippen LogP contribution is 2.38. The standard InChI is InChI=1S/C25H20ClN3O5S/c1-14(30)27-15-8-10-18(20(12-15)33-2)24(31)28-29-25(32)23-22(26)19-11-9-17(13-21(19)35-23)34-16-6-4-3-5-7-16/h3-13H,1-2H3,(H,27,30)(H,28,31)(H,29,32). The summed E-state index contributed by atoms with van der Waals surface area (Å²) in [5.74, 6) is 0.112. The molecule has 0 spiro atoms. The van der Waals surface area contributed by atoms with Crippen molar-refractivity contribution in [3.63, 3.8) is 0 Å². The number of amides is 3. The highest BCUT2D eigenvalue weighted by molar-refractivity contribution is 7.21. The van der Waals surface area contributed by atoms with E-state index in [0.29, 0.717) is 22.6 Å². The van der Waals surface area contributed by atoms with Crippen LogP contribution in [0, 0.1) is 0 Å². The van der Waals surface area contributed by atoms with Gasteiger partial charge in [-0.05, 0) is 42.5 Å². The number of carbonyl (C=O) groups is 3. The van der Waals surface area contributed by atoms with Crippen LogP contribution in [-0.4, -0.2) is 24.8 Å². The van der Waals surface area contributed by atoms with E-state index in [9.17, 15) is 14.4 Å². The number of thiophene rings is 1. The van der Waals surface area contributed by atoms with Gasteiger partial charge >= 0.3 is 0 Å². The fraction of sp³-hybridized carbons (Fsp3) is 0.0800. The largest absolute Gasteiger partial charge is 0.496 e.